The van der Waals surface area contributed by atoms with Gasteiger partial charge in [0, 0.05) is 17.9 Å². The Bertz CT molecular complexity index is 3830. The molecule has 13 aliphatic rings. The molecular weight excluding hydrogens is 1660 g/mol. The molecule has 0 bridgehead atoms. The lowest BCUT2D eigenvalue weighted by atomic mass is 9.33. The van der Waals surface area contributed by atoms with Crippen molar-refractivity contribution in [2.45, 2.75) is 353 Å². The standard InChI is InChI=1S/C84H128O41/c1-33-65(120-71-61(104)54(97)42(29-88)115-71)66(121-72-62(105)56(99)51(94)39(26-85)113-72)64(107)74(112-33)124-69-58(101)53(96)41(28-87)116-77(69)125-78(108)84-23-22-82(7)35(36(84)24-79(2,3)47(25-84)118-48(91)17-14-34-12-10-9-11-13-34)15-16-45-81(6)20-19-46(80(4,5)44(81)18-21-83(45,82)8)119-76-68(123-73-63(106)57(100)52(95)40(27-86)114-73)59(102)55(98)43(117-76)32-111-75-67(50(93)38(90)31-110-75)122-70-60(103)49(92)37(89)30-109-70/h9-15,17,33,36-47,49-77,85-90,92-107H,16,18-32H2,1-8H3/t33-,36-,37+,38-,39+,40+,41+,42-,43+,44-,45+,46-,47-,49-,50-,51+,52+,53+,54-,55+,56-,57-,58-,59-,60+,61+,62+,63+,64+,65-,66-,67+,68+,69+,70-,71-,72-,73-,74-,75-,76-,77-,81-,82+,83+,84+/m0/s1. The molecule has 14 rings (SSSR count). The van der Waals surface area contributed by atoms with Crippen LogP contribution in [0.5, 0.6) is 0 Å². The van der Waals surface area contributed by atoms with E-state index in [1.165, 1.54) is 13.0 Å². The topological polar surface area (TPSA) is 636 Å². The molecule has 12 fully saturated rings. The summed E-state index contributed by atoms with van der Waals surface area (Å²) in [5, 5.41) is 243. The number of carbonyl (C=O) groups is 2. The summed E-state index contributed by atoms with van der Waals surface area (Å²) in [4.78, 5) is 30.8. The predicted octanol–water partition coefficient (Wildman–Crippen LogP) is -6.56. The van der Waals surface area contributed by atoms with E-state index in [9.17, 15) is 117 Å². The van der Waals surface area contributed by atoms with Crippen LogP contribution in [-0.4, -0.2) is 410 Å². The third-order valence-corrected chi connectivity index (χ3v) is 30.3. The van der Waals surface area contributed by atoms with E-state index >= 15 is 4.79 Å². The molecule has 8 saturated heterocycles. The number of hydrogen-bond acceptors (Lipinski definition) is 41. The Hall–Kier alpha value is -3.84. The summed E-state index contributed by atoms with van der Waals surface area (Å²) in [6.45, 7) is 11.0. The second-order valence-corrected chi connectivity index (χ2v) is 38.3. The molecule has 8 aliphatic heterocycles. The van der Waals surface area contributed by atoms with Gasteiger partial charge in [0.15, 0.2) is 50.1 Å². The van der Waals surface area contributed by atoms with Gasteiger partial charge in [0.05, 0.1) is 63.9 Å². The lowest BCUT2D eigenvalue weighted by molar-refractivity contribution is -0.390. The van der Waals surface area contributed by atoms with Gasteiger partial charge in [-0.05, 0) is 109 Å². The fourth-order valence-corrected chi connectivity index (χ4v) is 22.6. The summed E-state index contributed by atoms with van der Waals surface area (Å²) in [6.07, 6.45) is -60.1. The van der Waals surface area contributed by atoms with Crippen LogP contribution in [0.25, 0.3) is 6.08 Å². The third kappa shape index (κ3) is 18.0. The fourth-order valence-electron chi connectivity index (χ4n) is 22.6. The first-order valence-corrected chi connectivity index (χ1v) is 43.3. The molecule has 22 N–H and O–H groups in total. The first-order chi connectivity index (χ1) is 59.0. The van der Waals surface area contributed by atoms with Crippen LogP contribution in [0.2, 0.25) is 0 Å². The number of fused-ring (bicyclic) bond motifs is 7. The van der Waals surface area contributed by atoms with Gasteiger partial charge in [-0.2, -0.15) is 0 Å². The number of aliphatic hydroxyl groups excluding tert-OH is 22. The summed E-state index contributed by atoms with van der Waals surface area (Å²) >= 11 is 0. The Kier molecular flexibility index (Phi) is 29.8. The molecule has 4 saturated carbocycles. The first-order valence-electron chi connectivity index (χ1n) is 43.3. The highest BCUT2D eigenvalue weighted by Crippen LogP contribution is 2.76. The minimum atomic E-state index is -2.20. The average Bonchev–Trinajstić information content (AvgIpc) is 0.755. The van der Waals surface area contributed by atoms with Gasteiger partial charge in [-0.15, -0.1) is 0 Å². The Morgan fingerprint density at radius 1 is 0.432 bits per heavy atom. The largest absolute Gasteiger partial charge is 0.459 e. The SMILES string of the molecule is C[C@@H]1O[C@@H](O[C@H]2[C@H](OC(=O)[C@@]34CC[C@]5(C)C(=CC[C@@H]6[C@@]7(C)CC[C@H](O[C@@H]8O[C@H](CO[C@@H]9OC[C@H](O)[C@H](O)[C@H]9O[C@@H]9OC[C@@H](O)[C@H](O)[C@H]9O)[C@@H](O)[C@H](O)[C@H]8O[C@@H]8O[C@H](CO)[C@@H](O)[C@H](O)[C@H]8O)C(C)(C)[C@@H]7CC[C@]65C)[C@@H]3CC(C)(C)[C@@H](OC(=O)C=Cc3ccccc3)C4)O[C@H](CO)[C@@H](O)[C@@H]2O)[C@H](O)[C@H](O[C@@H]2O[C@H](CO)[C@@H](O)[C@H](O)[C@H]2O)[C@H]1O[C@@H]1O[C@@H](CO)[C@H](O)[C@H]1O. The monoisotopic (exact) mass is 1790 g/mol. The number of carbonyl (C=O) groups excluding carboxylic acids is 2. The van der Waals surface area contributed by atoms with Crippen LogP contribution < -0.4 is 0 Å². The van der Waals surface area contributed by atoms with Crippen molar-refractivity contribution in [1.29, 1.82) is 0 Å². The quantitative estimate of drug-likeness (QED) is 0.0198. The van der Waals surface area contributed by atoms with E-state index < -0.39 is 336 Å². The lowest BCUT2D eigenvalue weighted by Gasteiger charge is -2.71. The van der Waals surface area contributed by atoms with Crippen LogP contribution in [-0.2, 0) is 90.1 Å². The van der Waals surface area contributed by atoms with Gasteiger partial charge < -0.3 is 193 Å². The maximum absolute atomic E-state index is 16.5. The zero-order valence-electron chi connectivity index (χ0n) is 70.8. The first kappa shape index (κ1) is 97.2. The summed E-state index contributed by atoms with van der Waals surface area (Å²) in [6, 6.07) is 9.03. The molecule has 0 amide bonds. The van der Waals surface area contributed by atoms with Gasteiger partial charge in [0.25, 0.3) is 0 Å². The number of hydrogen-bond donors (Lipinski definition) is 22. The molecule has 0 unspecified atom stereocenters. The molecule has 0 radical (unpaired) electrons. The number of ether oxygens (including phenoxy) is 17. The Labute approximate surface area is 720 Å². The van der Waals surface area contributed by atoms with E-state index in [0.717, 1.165) is 5.57 Å². The third-order valence-electron chi connectivity index (χ3n) is 30.3. The van der Waals surface area contributed by atoms with Crippen LogP contribution in [0.1, 0.15) is 119 Å². The molecule has 1 aromatic carbocycles. The number of benzene rings is 1. The van der Waals surface area contributed by atoms with Gasteiger partial charge in [-0.25, -0.2) is 4.79 Å². The van der Waals surface area contributed by atoms with Crippen LogP contribution in [0, 0.1) is 50.2 Å². The Morgan fingerprint density at radius 3 is 1.50 bits per heavy atom. The van der Waals surface area contributed by atoms with Gasteiger partial charge in [-0.1, -0.05) is 90.4 Å². The minimum Gasteiger partial charge on any atom is -0.459 e. The van der Waals surface area contributed by atoms with E-state index in [-0.39, 0.29) is 31.1 Å². The van der Waals surface area contributed by atoms with Crippen LogP contribution in [0.15, 0.2) is 48.1 Å². The van der Waals surface area contributed by atoms with Gasteiger partial charge in [-0.3, -0.25) is 4.79 Å². The highest BCUT2D eigenvalue weighted by atomic mass is 16.8. The number of aliphatic hydroxyl groups is 22. The van der Waals surface area contributed by atoms with Crippen molar-refractivity contribution in [3.05, 3.63) is 53.6 Å². The number of rotatable bonds is 24. The molecule has 5 aliphatic carbocycles. The highest BCUT2D eigenvalue weighted by Gasteiger charge is 2.72. The zero-order valence-corrected chi connectivity index (χ0v) is 70.8. The second kappa shape index (κ2) is 38.3. The van der Waals surface area contributed by atoms with Gasteiger partial charge in [0.1, 0.15) is 171 Å². The lowest BCUT2D eigenvalue weighted by Crippen LogP contribution is -2.68. The molecule has 0 spiro atoms. The van der Waals surface area contributed by atoms with E-state index in [1.807, 2.05) is 19.9 Å². The minimum absolute atomic E-state index is 0.0789. The van der Waals surface area contributed by atoms with Crippen molar-refractivity contribution in [2.75, 3.05) is 46.2 Å². The molecule has 41 nitrogen and oxygen atoms in total. The van der Waals surface area contributed by atoms with Crippen molar-refractivity contribution in [1.82, 2.24) is 0 Å². The Morgan fingerprint density at radius 2 is 0.912 bits per heavy atom. The highest BCUT2D eigenvalue weighted by molar-refractivity contribution is 5.87. The molecule has 8 heterocycles. The van der Waals surface area contributed by atoms with Crippen LogP contribution in [0.4, 0.5) is 0 Å². The van der Waals surface area contributed by atoms with E-state index in [1.54, 1.807) is 30.3 Å². The molecule has 46 atom stereocenters. The van der Waals surface area contributed by atoms with Crippen molar-refractivity contribution in [3.8, 4) is 0 Å². The molecule has 41 heteroatoms. The maximum Gasteiger partial charge on any atom is 0.331 e. The zero-order chi connectivity index (χ0) is 90.5. The van der Waals surface area contributed by atoms with Crippen LogP contribution >= 0.6 is 0 Å². The maximum atomic E-state index is 16.5. The average molecular weight is 1790 g/mol. The normalized spacial score (nSPS) is 51.1. The van der Waals surface area contributed by atoms with Crippen molar-refractivity contribution in [3.63, 3.8) is 0 Å². The van der Waals surface area contributed by atoms with E-state index in [4.69, 9.17) is 80.5 Å². The Balaban J connectivity index is 0.747. The van der Waals surface area contributed by atoms with Gasteiger partial charge >= 0.3 is 11.9 Å². The summed E-state index contributed by atoms with van der Waals surface area (Å²) in [7, 11) is 0. The van der Waals surface area contributed by atoms with Crippen LogP contribution in [0.3, 0.4) is 0 Å². The van der Waals surface area contributed by atoms with Crippen molar-refractivity contribution >= 4 is 18.0 Å². The summed E-state index contributed by atoms with van der Waals surface area (Å²) < 4.78 is 104. The second-order valence-electron chi connectivity index (χ2n) is 38.3. The number of esters is 2. The molecular formula is C84H128O41. The molecule has 1 aromatic rings. The van der Waals surface area contributed by atoms with Crippen molar-refractivity contribution in [2.24, 2.45) is 50.2 Å². The molecule has 710 valence electrons. The van der Waals surface area contributed by atoms with E-state index in [0.29, 0.717) is 44.1 Å². The summed E-state index contributed by atoms with van der Waals surface area (Å²) in [5.74, 6) is -2.55. The fraction of sp³-hybridized carbons (Fsp3) is 0.857. The number of allylic oxidation sites excluding steroid dienone is 2. The summed E-state index contributed by atoms with van der Waals surface area (Å²) in [5.41, 5.74) is -3.39. The van der Waals surface area contributed by atoms with E-state index in [2.05, 4.69) is 40.7 Å². The van der Waals surface area contributed by atoms with Gasteiger partial charge in [0.2, 0.25) is 6.29 Å². The smallest absolute Gasteiger partial charge is 0.331 e. The molecule has 0 aromatic heterocycles. The predicted molar refractivity (Wildman–Crippen MR) is 415 cm³/mol. The molecule has 125 heavy (non-hydrogen) atoms. The van der Waals surface area contributed by atoms with Crippen molar-refractivity contribution < 1.29 is 202 Å².